The molecule has 20 heavy (non-hydrogen) atoms. The SMILES string of the molecule is C[C@H](NC(=O)[C@@H]1CC[C@H](CN)O1)c1cccnc1.Cl.Cl. The Morgan fingerprint density at radius 1 is 1.55 bits per heavy atom. The molecular weight excluding hydrogens is 301 g/mol. The summed E-state index contributed by atoms with van der Waals surface area (Å²) in [6.07, 6.45) is 4.73. The molecule has 114 valence electrons. The molecule has 7 heteroatoms. The summed E-state index contributed by atoms with van der Waals surface area (Å²) in [5.41, 5.74) is 6.51. The van der Waals surface area contributed by atoms with Crippen LogP contribution in [0.15, 0.2) is 24.5 Å². The van der Waals surface area contributed by atoms with E-state index in [4.69, 9.17) is 10.5 Å². The molecule has 0 bridgehead atoms. The molecule has 5 nitrogen and oxygen atoms in total. The zero-order chi connectivity index (χ0) is 13.0. The molecule has 1 aliphatic rings. The molecule has 0 aromatic carbocycles. The van der Waals surface area contributed by atoms with Crippen LogP contribution in [0.4, 0.5) is 0 Å². The number of hydrogen-bond donors (Lipinski definition) is 2. The van der Waals surface area contributed by atoms with Crippen LogP contribution < -0.4 is 11.1 Å². The molecule has 0 saturated carbocycles. The lowest BCUT2D eigenvalue weighted by molar-refractivity contribution is -0.132. The van der Waals surface area contributed by atoms with Gasteiger partial charge in [-0.2, -0.15) is 0 Å². The number of nitrogens with two attached hydrogens (primary N) is 1. The van der Waals surface area contributed by atoms with Crippen LogP contribution in [0.5, 0.6) is 0 Å². The summed E-state index contributed by atoms with van der Waals surface area (Å²) in [7, 11) is 0. The summed E-state index contributed by atoms with van der Waals surface area (Å²) in [6.45, 7) is 2.41. The molecule has 1 amide bonds. The van der Waals surface area contributed by atoms with Crippen molar-refractivity contribution in [3.8, 4) is 0 Å². The number of amides is 1. The van der Waals surface area contributed by atoms with Gasteiger partial charge in [0.05, 0.1) is 12.1 Å². The second-order valence-electron chi connectivity index (χ2n) is 4.58. The second kappa shape index (κ2) is 9.13. The Balaban J connectivity index is 0.00000180. The van der Waals surface area contributed by atoms with E-state index in [9.17, 15) is 4.79 Å². The van der Waals surface area contributed by atoms with Crippen LogP contribution in [0.25, 0.3) is 0 Å². The average Bonchev–Trinajstić information content (AvgIpc) is 2.88. The van der Waals surface area contributed by atoms with Gasteiger partial charge < -0.3 is 15.8 Å². The van der Waals surface area contributed by atoms with Crippen molar-refractivity contribution in [2.24, 2.45) is 5.73 Å². The van der Waals surface area contributed by atoms with Gasteiger partial charge in [0.15, 0.2) is 0 Å². The fourth-order valence-corrected chi connectivity index (χ4v) is 2.09. The number of aromatic nitrogens is 1. The van der Waals surface area contributed by atoms with Crippen LogP contribution in [0, 0.1) is 0 Å². The van der Waals surface area contributed by atoms with Crippen molar-refractivity contribution in [1.82, 2.24) is 10.3 Å². The van der Waals surface area contributed by atoms with E-state index in [-0.39, 0.29) is 49.0 Å². The summed E-state index contributed by atoms with van der Waals surface area (Å²) >= 11 is 0. The van der Waals surface area contributed by atoms with Crippen molar-refractivity contribution in [3.05, 3.63) is 30.1 Å². The van der Waals surface area contributed by atoms with Gasteiger partial charge in [-0.25, -0.2) is 0 Å². The van der Waals surface area contributed by atoms with Crippen molar-refractivity contribution in [3.63, 3.8) is 0 Å². The van der Waals surface area contributed by atoms with Gasteiger partial charge in [0.25, 0.3) is 0 Å². The molecule has 0 aliphatic carbocycles. The van der Waals surface area contributed by atoms with Gasteiger partial charge in [-0.15, -0.1) is 24.8 Å². The van der Waals surface area contributed by atoms with Crippen LogP contribution in [-0.2, 0) is 9.53 Å². The van der Waals surface area contributed by atoms with Gasteiger partial charge in [0.1, 0.15) is 6.10 Å². The second-order valence-corrected chi connectivity index (χ2v) is 4.58. The minimum atomic E-state index is -0.363. The van der Waals surface area contributed by atoms with Crippen molar-refractivity contribution < 1.29 is 9.53 Å². The Hall–Kier alpha value is -0.880. The number of nitrogens with zero attached hydrogens (tertiary/aromatic N) is 1. The van der Waals surface area contributed by atoms with Crippen molar-refractivity contribution in [2.45, 2.75) is 38.0 Å². The molecule has 0 spiro atoms. The number of ether oxygens (including phenoxy) is 1. The Bertz CT molecular complexity index is 406. The largest absolute Gasteiger partial charge is 0.364 e. The topological polar surface area (TPSA) is 77.2 Å². The van der Waals surface area contributed by atoms with E-state index in [1.165, 1.54) is 0 Å². The number of carbonyl (C=O) groups is 1. The third-order valence-electron chi connectivity index (χ3n) is 3.21. The first kappa shape index (κ1) is 19.1. The third-order valence-corrected chi connectivity index (χ3v) is 3.21. The van der Waals surface area contributed by atoms with Crippen LogP contribution in [0.2, 0.25) is 0 Å². The minimum Gasteiger partial charge on any atom is -0.364 e. The third kappa shape index (κ3) is 4.90. The van der Waals surface area contributed by atoms with Crippen molar-refractivity contribution in [1.29, 1.82) is 0 Å². The molecule has 2 heterocycles. The maximum absolute atomic E-state index is 12.0. The summed E-state index contributed by atoms with van der Waals surface area (Å²) in [5.74, 6) is -0.0673. The molecule has 0 unspecified atom stereocenters. The van der Waals surface area contributed by atoms with Gasteiger partial charge >= 0.3 is 0 Å². The van der Waals surface area contributed by atoms with Gasteiger partial charge in [-0.1, -0.05) is 6.07 Å². The minimum absolute atomic E-state index is 0. The number of nitrogens with one attached hydrogen (secondary N) is 1. The van der Waals surface area contributed by atoms with E-state index in [1.807, 2.05) is 19.1 Å². The predicted molar refractivity (Wildman–Crippen MR) is 82.2 cm³/mol. The van der Waals surface area contributed by atoms with E-state index < -0.39 is 0 Å². The van der Waals surface area contributed by atoms with E-state index in [0.717, 1.165) is 18.4 Å². The van der Waals surface area contributed by atoms with Crippen molar-refractivity contribution in [2.75, 3.05) is 6.54 Å². The van der Waals surface area contributed by atoms with E-state index in [1.54, 1.807) is 12.4 Å². The summed E-state index contributed by atoms with van der Waals surface area (Å²) < 4.78 is 5.56. The molecule has 3 atom stereocenters. The monoisotopic (exact) mass is 321 g/mol. The highest BCUT2D eigenvalue weighted by Gasteiger charge is 2.30. The number of carbonyl (C=O) groups excluding carboxylic acids is 1. The number of halogens is 2. The first-order chi connectivity index (χ1) is 8.70. The summed E-state index contributed by atoms with van der Waals surface area (Å²) in [4.78, 5) is 16.0. The molecule has 1 saturated heterocycles. The van der Waals surface area contributed by atoms with Gasteiger partial charge in [0.2, 0.25) is 5.91 Å². The molecule has 1 aromatic heterocycles. The molecule has 1 fully saturated rings. The fraction of sp³-hybridized carbons (Fsp3) is 0.538. The van der Waals surface area contributed by atoms with Crippen molar-refractivity contribution >= 4 is 30.7 Å². The lowest BCUT2D eigenvalue weighted by atomic mass is 10.1. The smallest absolute Gasteiger partial charge is 0.249 e. The number of pyridine rings is 1. The Morgan fingerprint density at radius 2 is 2.30 bits per heavy atom. The normalized spacial score (nSPS) is 22.3. The Morgan fingerprint density at radius 3 is 2.85 bits per heavy atom. The van der Waals surface area contributed by atoms with Gasteiger partial charge in [-0.05, 0) is 31.4 Å². The molecule has 1 aromatic rings. The highest BCUT2D eigenvalue weighted by molar-refractivity contribution is 5.85. The average molecular weight is 322 g/mol. The highest BCUT2D eigenvalue weighted by Crippen LogP contribution is 2.20. The maximum atomic E-state index is 12.0. The maximum Gasteiger partial charge on any atom is 0.249 e. The highest BCUT2D eigenvalue weighted by atomic mass is 35.5. The van der Waals surface area contributed by atoms with E-state index >= 15 is 0 Å². The quantitative estimate of drug-likeness (QED) is 0.883. The van der Waals surface area contributed by atoms with Crippen LogP contribution in [0.3, 0.4) is 0 Å². The standard InChI is InChI=1S/C13H19N3O2.2ClH/c1-9(10-3-2-6-15-8-10)16-13(17)12-5-4-11(7-14)18-12;;/h2-3,6,8-9,11-12H,4-5,7,14H2,1H3,(H,16,17);2*1H/t9-,11+,12-;;/m0../s1. The summed E-state index contributed by atoms with van der Waals surface area (Å²) in [6, 6.07) is 3.73. The molecule has 3 N–H and O–H groups in total. The first-order valence-electron chi connectivity index (χ1n) is 6.26. The zero-order valence-corrected chi connectivity index (χ0v) is 13.0. The lowest BCUT2D eigenvalue weighted by Crippen LogP contribution is -2.37. The van der Waals surface area contributed by atoms with E-state index in [0.29, 0.717) is 6.54 Å². The summed E-state index contributed by atoms with van der Waals surface area (Å²) in [5, 5.41) is 2.94. The number of rotatable bonds is 4. The lowest BCUT2D eigenvalue weighted by Gasteiger charge is -2.17. The molecular formula is C13H21Cl2N3O2. The van der Waals surface area contributed by atoms with Crippen LogP contribution in [-0.4, -0.2) is 29.6 Å². The molecule has 0 radical (unpaired) electrons. The molecule has 2 rings (SSSR count). The van der Waals surface area contributed by atoms with E-state index in [2.05, 4.69) is 10.3 Å². The Labute approximate surface area is 131 Å². The molecule has 1 aliphatic heterocycles. The fourth-order valence-electron chi connectivity index (χ4n) is 2.09. The number of hydrogen-bond acceptors (Lipinski definition) is 4. The van der Waals surface area contributed by atoms with Gasteiger partial charge in [0, 0.05) is 18.9 Å². The van der Waals surface area contributed by atoms with Crippen LogP contribution in [0.1, 0.15) is 31.4 Å². The first-order valence-corrected chi connectivity index (χ1v) is 6.26. The van der Waals surface area contributed by atoms with Gasteiger partial charge in [-0.3, -0.25) is 9.78 Å². The zero-order valence-electron chi connectivity index (χ0n) is 11.3. The van der Waals surface area contributed by atoms with Crippen LogP contribution >= 0.6 is 24.8 Å². The predicted octanol–water partition coefficient (Wildman–Crippen LogP) is 1.61. The Kier molecular flexibility index (Phi) is 8.73.